The molecule has 0 aliphatic rings. The van der Waals surface area contributed by atoms with Crippen molar-refractivity contribution < 1.29 is 8.42 Å². The number of sulfone groups is 1. The van der Waals surface area contributed by atoms with Crippen LogP contribution in [0.1, 0.15) is 5.69 Å². The van der Waals surface area contributed by atoms with E-state index in [2.05, 4.69) is 10.2 Å². The number of hydrogen-bond acceptors (Lipinski definition) is 4. The standard InChI is InChI=1S/C12H11ClN2O2S/c1-18(16,17)11-5-2-9(3-6-11)12-7-4-10(8-13)14-15-12/h2-7H,8H2,1H3. The number of alkyl halides is 1. The summed E-state index contributed by atoms with van der Waals surface area (Å²) in [6.45, 7) is 0. The van der Waals surface area contributed by atoms with Gasteiger partial charge in [-0.05, 0) is 24.3 Å². The number of benzene rings is 1. The van der Waals surface area contributed by atoms with Gasteiger partial charge in [0.2, 0.25) is 0 Å². The van der Waals surface area contributed by atoms with E-state index in [9.17, 15) is 8.42 Å². The zero-order valence-corrected chi connectivity index (χ0v) is 11.2. The van der Waals surface area contributed by atoms with Crippen molar-refractivity contribution in [2.75, 3.05) is 6.26 Å². The molecule has 0 amide bonds. The highest BCUT2D eigenvalue weighted by Gasteiger charge is 2.07. The van der Waals surface area contributed by atoms with Crippen LogP contribution >= 0.6 is 11.6 Å². The van der Waals surface area contributed by atoms with E-state index in [0.717, 1.165) is 5.56 Å². The van der Waals surface area contributed by atoms with Gasteiger partial charge in [0.05, 0.1) is 22.2 Å². The van der Waals surface area contributed by atoms with Crippen molar-refractivity contribution in [2.24, 2.45) is 0 Å². The molecule has 94 valence electrons. The van der Waals surface area contributed by atoms with Gasteiger partial charge in [0.1, 0.15) is 0 Å². The second-order valence-corrected chi connectivity index (χ2v) is 6.12. The van der Waals surface area contributed by atoms with Gasteiger partial charge in [-0.25, -0.2) is 8.42 Å². The van der Waals surface area contributed by atoms with Crippen molar-refractivity contribution in [3.8, 4) is 11.3 Å². The Kier molecular flexibility index (Phi) is 3.63. The number of rotatable bonds is 3. The zero-order chi connectivity index (χ0) is 13.2. The number of halogens is 1. The molecule has 4 nitrogen and oxygen atoms in total. The molecule has 0 unspecified atom stereocenters. The van der Waals surface area contributed by atoms with Gasteiger partial charge in [-0.3, -0.25) is 0 Å². The van der Waals surface area contributed by atoms with E-state index in [1.165, 1.54) is 6.26 Å². The molecule has 0 fully saturated rings. The van der Waals surface area contributed by atoms with Crippen LogP contribution in [0.2, 0.25) is 0 Å². The Balaban J connectivity index is 2.34. The molecule has 6 heteroatoms. The van der Waals surface area contributed by atoms with E-state index >= 15 is 0 Å². The number of aromatic nitrogens is 2. The maximum absolute atomic E-state index is 11.3. The van der Waals surface area contributed by atoms with Gasteiger partial charge in [-0.15, -0.1) is 11.6 Å². The summed E-state index contributed by atoms with van der Waals surface area (Å²) in [5.41, 5.74) is 2.20. The predicted octanol–water partition coefficient (Wildman–Crippen LogP) is 2.29. The lowest BCUT2D eigenvalue weighted by molar-refractivity contribution is 0.602. The lowest BCUT2D eigenvalue weighted by atomic mass is 10.1. The summed E-state index contributed by atoms with van der Waals surface area (Å²) in [5, 5.41) is 7.97. The summed E-state index contributed by atoms with van der Waals surface area (Å²) in [5.74, 6) is 0.320. The molecule has 0 atom stereocenters. The SMILES string of the molecule is CS(=O)(=O)c1ccc(-c2ccc(CCl)nn2)cc1. The minimum atomic E-state index is -3.17. The van der Waals surface area contributed by atoms with Crippen molar-refractivity contribution in [1.29, 1.82) is 0 Å². The third-order valence-corrected chi connectivity index (χ3v) is 3.84. The second-order valence-electron chi connectivity index (χ2n) is 3.84. The fourth-order valence-electron chi connectivity index (χ4n) is 1.46. The van der Waals surface area contributed by atoms with E-state index in [-0.39, 0.29) is 4.90 Å². The molecule has 0 aliphatic carbocycles. The van der Waals surface area contributed by atoms with Crippen LogP contribution < -0.4 is 0 Å². The topological polar surface area (TPSA) is 59.9 Å². The van der Waals surface area contributed by atoms with Gasteiger partial charge in [-0.1, -0.05) is 12.1 Å². The molecule has 0 bridgehead atoms. The Morgan fingerprint density at radius 1 is 1.06 bits per heavy atom. The van der Waals surface area contributed by atoms with Crippen molar-refractivity contribution in [3.05, 3.63) is 42.1 Å². The van der Waals surface area contributed by atoms with Gasteiger partial charge in [-0.2, -0.15) is 10.2 Å². The smallest absolute Gasteiger partial charge is 0.175 e. The summed E-state index contributed by atoms with van der Waals surface area (Å²) in [6.07, 6.45) is 1.18. The summed E-state index contributed by atoms with van der Waals surface area (Å²) in [7, 11) is -3.17. The van der Waals surface area contributed by atoms with Crippen LogP contribution in [0.3, 0.4) is 0 Å². The quantitative estimate of drug-likeness (QED) is 0.811. The lowest BCUT2D eigenvalue weighted by Crippen LogP contribution is -1.97. The van der Waals surface area contributed by atoms with Gasteiger partial charge < -0.3 is 0 Å². The molecule has 0 radical (unpaired) electrons. The Bertz CT molecular complexity index is 637. The van der Waals surface area contributed by atoms with Gasteiger partial charge in [0, 0.05) is 11.8 Å². The summed E-state index contributed by atoms with van der Waals surface area (Å²) in [6, 6.07) is 10.1. The maximum Gasteiger partial charge on any atom is 0.175 e. The fraction of sp³-hybridized carbons (Fsp3) is 0.167. The minimum absolute atomic E-state index is 0.289. The molecule has 0 saturated carbocycles. The third kappa shape index (κ3) is 2.86. The Hall–Kier alpha value is -1.46. The Morgan fingerprint density at radius 3 is 2.17 bits per heavy atom. The van der Waals surface area contributed by atoms with Gasteiger partial charge in [0.25, 0.3) is 0 Å². The van der Waals surface area contributed by atoms with Crippen LogP contribution in [-0.4, -0.2) is 24.9 Å². The average molecular weight is 283 g/mol. The Labute approximate surface area is 111 Å². The molecule has 0 spiro atoms. The van der Waals surface area contributed by atoms with E-state index in [0.29, 0.717) is 17.3 Å². The summed E-state index contributed by atoms with van der Waals surface area (Å²) in [4.78, 5) is 0.289. The molecule has 2 rings (SSSR count). The molecule has 18 heavy (non-hydrogen) atoms. The predicted molar refractivity (Wildman–Crippen MR) is 70.1 cm³/mol. The first-order valence-corrected chi connectivity index (χ1v) is 7.62. The molecule has 0 N–H and O–H groups in total. The zero-order valence-electron chi connectivity index (χ0n) is 9.67. The number of nitrogens with zero attached hydrogens (tertiary/aromatic N) is 2. The lowest BCUT2D eigenvalue weighted by Gasteiger charge is -2.02. The first-order chi connectivity index (χ1) is 8.50. The van der Waals surface area contributed by atoms with Crippen LogP contribution in [0.4, 0.5) is 0 Å². The molecular weight excluding hydrogens is 272 g/mol. The molecule has 0 saturated heterocycles. The van der Waals surface area contributed by atoms with Crippen LogP contribution in [0, 0.1) is 0 Å². The number of hydrogen-bond donors (Lipinski definition) is 0. The molecule has 1 heterocycles. The van der Waals surface area contributed by atoms with Crippen molar-refractivity contribution in [2.45, 2.75) is 10.8 Å². The van der Waals surface area contributed by atoms with Gasteiger partial charge in [0.15, 0.2) is 9.84 Å². The Morgan fingerprint density at radius 2 is 1.72 bits per heavy atom. The molecule has 2 aromatic rings. The summed E-state index contributed by atoms with van der Waals surface area (Å²) < 4.78 is 22.6. The third-order valence-electron chi connectivity index (χ3n) is 2.43. The van der Waals surface area contributed by atoms with Crippen LogP contribution in [0.25, 0.3) is 11.3 Å². The molecule has 0 aliphatic heterocycles. The van der Waals surface area contributed by atoms with Crippen molar-refractivity contribution >= 4 is 21.4 Å². The molecule has 1 aromatic carbocycles. The molecular formula is C12H11ClN2O2S. The fourth-order valence-corrected chi connectivity index (χ4v) is 2.23. The normalized spacial score (nSPS) is 11.4. The van der Waals surface area contributed by atoms with E-state index in [1.54, 1.807) is 36.4 Å². The second kappa shape index (κ2) is 5.04. The highest BCUT2D eigenvalue weighted by molar-refractivity contribution is 7.90. The molecule has 1 aromatic heterocycles. The van der Waals surface area contributed by atoms with Crippen molar-refractivity contribution in [3.63, 3.8) is 0 Å². The van der Waals surface area contributed by atoms with Crippen molar-refractivity contribution in [1.82, 2.24) is 10.2 Å². The monoisotopic (exact) mass is 282 g/mol. The maximum atomic E-state index is 11.3. The van der Waals surface area contributed by atoms with E-state index in [1.807, 2.05) is 0 Å². The highest BCUT2D eigenvalue weighted by atomic mass is 35.5. The summed E-state index contributed by atoms with van der Waals surface area (Å²) >= 11 is 5.63. The first kappa shape index (κ1) is 13.0. The average Bonchev–Trinajstić information content (AvgIpc) is 2.38. The highest BCUT2D eigenvalue weighted by Crippen LogP contribution is 2.19. The van der Waals surface area contributed by atoms with E-state index < -0.39 is 9.84 Å². The van der Waals surface area contributed by atoms with E-state index in [4.69, 9.17) is 11.6 Å². The minimum Gasteiger partial charge on any atom is -0.224 e. The van der Waals surface area contributed by atoms with Crippen LogP contribution in [0.15, 0.2) is 41.3 Å². The first-order valence-electron chi connectivity index (χ1n) is 5.20. The van der Waals surface area contributed by atoms with Crippen LogP contribution in [-0.2, 0) is 15.7 Å². The van der Waals surface area contributed by atoms with Gasteiger partial charge >= 0.3 is 0 Å². The van der Waals surface area contributed by atoms with Crippen LogP contribution in [0.5, 0.6) is 0 Å². The largest absolute Gasteiger partial charge is 0.224 e.